The van der Waals surface area contributed by atoms with E-state index in [0.29, 0.717) is 13.1 Å². The number of carbonyl (C=O) groups is 2. The molecule has 24 heavy (non-hydrogen) atoms. The second-order valence-corrected chi connectivity index (χ2v) is 6.96. The molecule has 1 saturated carbocycles. The van der Waals surface area contributed by atoms with E-state index >= 15 is 0 Å². The summed E-state index contributed by atoms with van der Waals surface area (Å²) >= 11 is 0. The van der Waals surface area contributed by atoms with E-state index in [1.807, 2.05) is 30.3 Å². The molecule has 3 rings (SSSR count). The molecule has 0 unspecified atom stereocenters. The number of hydrogen-bond acceptors (Lipinski definition) is 3. The van der Waals surface area contributed by atoms with Crippen LogP contribution in [0.15, 0.2) is 30.3 Å². The van der Waals surface area contributed by atoms with Crippen LogP contribution in [0.2, 0.25) is 0 Å². The molecule has 2 fully saturated rings. The van der Waals surface area contributed by atoms with Gasteiger partial charge in [0, 0.05) is 13.1 Å². The molecule has 1 aliphatic heterocycles. The van der Waals surface area contributed by atoms with Crippen molar-refractivity contribution < 1.29 is 9.59 Å². The Bertz CT molecular complexity index is 569. The molecule has 5 nitrogen and oxygen atoms in total. The van der Waals surface area contributed by atoms with Crippen LogP contribution in [0.25, 0.3) is 0 Å². The molecule has 0 radical (unpaired) electrons. The third kappa shape index (κ3) is 3.78. The van der Waals surface area contributed by atoms with Crippen molar-refractivity contribution in [2.75, 3.05) is 6.54 Å². The summed E-state index contributed by atoms with van der Waals surface area (Å²) in [5.74, 6) is 0.155. The number of nitrogens with zero attached hydrogens (tertiary/aromatic N) is 1. The van der Waals surface area contributed by atoms with Crippen LogP contribution in [-0.4, -0.2) is 35.3 Å². The molecule has 1 aliphatic carbocycles. The highest BCUT2D eigenvalue weighted by Crippen LogP contribution is 2.28. The highest BCUT2D eigenvalue weighted by Gasteiger charge is 2.41. The summed E-state index contributed by atoms with van der Waals surface area (Å²) in [5, 5.41) is 2.93. The molecule has 1 heterocycles. The fraction of sp³-hybridized carbons (Fsp3) is 0.579. The van der Waals surface area contributed by atoms with Gasteiger partial charge in [0.25, 0.3) is 0 Å². The summed E-state index contributed by atoms with van der Waals surface area (Å²) in [7, 11) is 0. The lowest BCUT2D eigenvalue weighted by Gasteiger charge is -2.42. The van der Waals surface area contributed by atoms with Gasteiger partial charge in [-0.05, 0) is 30.7 Å². The Morgan fingerprint density at radius 2 is 1.83 bits per heavy atom. The maximum Gasteiger partial charge on any atom is 0.243 e. The quantitative estimate of drug-likeness (QED) is 0.865. The molecule has 0 aromatic heterocycles. The zero-order valence-corrected chi connectivity index (χ0v) is 14.1. The van der Waals surface area contributed by atoms with Crippen LogP contribution < -0.4 is 11.1 Å². The zero-order chi connectivity index (χ0) is 16.9. The van der Waals surface area contributed by atoms with Crippen LogP contribution in [0.5, 0.6) is 0 Å². The van der Waals surface area contributed by atoms with E-state index in [4.69, 9.17) is 5.73 Å². The fourth-order valence-corrected chi connectivity index (χ4v) is 3.71. The van der Waals surface area contributed by atoms with Gasteiger partial charge in [0.15, 0.2) is 0 Å². The van der Waals surface area contributed by atoms with E-state index in [1.165, 1.54) is 6.42 Å². The van der Waals surface area contributed by atoms with Crippen LogP contribution in [0.1, 0.15) is 44.1 Å². The summed E-state index contributed by atoms with van der Waals surface area (Å²) in [4.78, 5) is 26.7. The van der Waals surface area contributed by atoms with Crippen molar-refractivity contribution in [3.8, 4) is 0 Å². The van der Waals surface area contributed by atoms with Crippen molar-refractivity contribution >= 4 is 11.8 Å². The van der Waals surface area contributed by atoms with Crippen molar-refractivity contribution in [2.45, 2.75) is 57.2 Å². The average Bonchev–Trinajstić information content (AvgIpc) is 2.60. The first-order valence-electron chi connectivity index (χ1n) is 9.04. The standard InChI is InChI=1S/C19H27N3O2/c20-17(15-9-5-2-6-10-15)19(24)22-12-11-16(22)18(23)21-13-14-7-3-1-4-8-14/h1,3-4,7-8,15-17H,2,5-6,9-13,20H2,(H,21,23)/t16-,17+/m0/s1. The van der Waals surface area contributed by atoms with Gasteiger partial charge in [-0.15, -0.1) is 0 Å². The van der Waals surface area contributed by atoms with E-state index in [1.54, 1.807) is 4.90 Å². The Kier molecular flexibility index (Phi) is 5.51. The van der Waals surface area contributed by atoms with Crippen LogP contribution in [-0.2, 0) is 16.1 Å². The van der Waals surface area contributed by atoms with E-state index in [0.717, 1.165) is 37.7 Å². The summed E-state index contributed by atoms with van der Waals surface area (Å²) < 4.78 is 0. The normalized spacial score (nSPS) is 22.5. The van der Waals surface area contributed by atoms with E-state index < -0.39 is 6.04 Å². The van der Waals surface area contributed by atoms with Crippen LogP contribution in [0, 0.1) is 5.92 Å². The third-order valence-corrected chi connectivity index (χ3v) is 5.36. The van der Waals surface area contributed by atoms with Crippen molar-refractivity contribution in [3.63, 3.8) is 0 Å². The monoisotopic (exact) mass is 329 g/mol. The Morgan fingerprint density at radius 3 is 2.46 bits per heavy atom. The molecule has 1 aromatic carbocycles. The first kappa shape index (κ1) is 17.0. The van der Waals surface area contributed by atoms with Gasteiger partial charge in [0.05, 0.1) is 6.04 Å². The maximum absolute atomic E-state index is 12.6. The highest BCUT2D eigenvalue weighted by molar-refractivity contribution is 5.91. The summed E-state index contributed by atoms with van der Waals surface area (Å²) in [6.45, 7) is 1.13. The lowest BCUT2D eigenvalue weighted by atomic mass is 9.83. The molecule has 2 atom stereocenters. The van der Waals surface area contributed by atoms with Gasteiger partial charge in [-0.25, -0.2) is 0 Å². The van der Waals surface area contributed by atoms with Gasteiger partial charge in [-0.3, -0.25) is 9.59 Å². The van der Waals surface area contributed by atoms with Gasteiger partial charge < -0.3 is 16.0 Å². The second-order valence-electron chi connectivity index (χ2n) is 6.96. The van der Waals surface area contributed by atoms with Gasteiger partial charge in [0.2, 0.25) is 11.8 Å². The Morgan fingerprint density at radius 1 is 1.12 bits per heavy atom. The molecule has 1 saturated heterocycles. The first-order valence-corrected chi connectivity index (χ1v) is 9.04. The molecule has 3 N–H and O–H groups in total. The van der Waals surface area contributed by atoms with Gasteiger partial charge >= 0.3 is 0 Å². The fourth-order valence-electron chi connectivity index (χ4n) is 3.71. The van der Waals surface area contributed by atoms with E-state index in [9.17, 15) is 9.59 Å². The highest BCUT2D eigenvalue weighted by atomic mass is 16.2. The topological polar surface area (TPSA) is 75.4 Å². The summed E-state index contributed by atoms with van der Waals surface area (Å²) in [6.07, 6.45) is 6.35. The molecule has 130 valence electrons. The predicted octanol–water partition coefficient (Wildman–Crippen LogP) is 1.81. The van der Waals surface area contributed by atoms with Crippen LogP contribution in [0.4, 0.5) is 0 Å². The molecular formula is C19H27N3O2. The minimum absolute atomic E-state index is 0.0481. The Hall–Kier alpha value is -1.88. The van der Waals surface area contributed by atoms with Crippen molar-refractivity contribution in [1.29, 1.82) is 0 Å². The van der Waals surface area contributed by atoms with Crippen LogP contribution >= 0.6 is 0 Å². The first-order chi connectivity index (χ1) is 11.7. The summed E-state index contributed by atoms with van der Waals surface area (Å²) in [5.41, 5.74) is 7.26. The van der Waals surface area contributed by atoms with Crippen LogP contribution in [0.3, 0.4) is 0 Å². The number of likely N-dealkylation sites (tertiary alicyclic amines) is 1. The number of carbonyl (C=O) groups excluding carboxylic acids is 2. The van der Waals surface area contributed by atoms with Crippen molar-refractivity contribution in [3.05, 3.63) is 35.9 Å². The van der Waals surface area contributed by atoms with Crippen molar-refractivity contribution in [2.24, 2.45) is 11.7 Å². The van der Waals surface area contributed by atoms with Crippen molar-refractivity contribution in [1.82, 2.24) is 10.2 Å². The van der Waals surface area contributed by atoms with Gasteiger partial charge in [-0.2, -0.15) is 0 Å². The zero-order valence-electron chi connectivity index (χ0n) is 14.1. The van der Waals surface area contributed by atoms with Gasteiger partial charge in [-0.1, -0.05) is 49.6 Å². The maximum atomic E-state index is 12.6. The number of rotatable bonds is 5. The molecular weight excluding hydrogens is 302 g/mol. The van der Waals surface area contributed by atoms with E-state index in [-0.39, 0.29) is 23.8 Å². The number of nitrogens with one attached hydrogen (secondary N) is 1. The number of benzene rings is 1. The van der Waals surface area contributed by atoms with Gasteiger partial charge in [0.1, 0.15) is 6.04 Å². The predicted molar refractivity (Wildman–Crippen MR) is 93.0 cm³/mol. The SMILES string of the molecule is N[C@@H](C(=O)N1CC[C@H]1C(=O)NCc1ccccc1)C1CCCCC1. The lowest BCUT2D eigenvalue weighted by Crippen LogP contribution is -2.62. The minimum atomic E-state index is -0.449. The Balaban J connectivity index is 1.51. The Labute approximate surface area is 143 Å². The largest absolute Gasteiger partial charge is 0.350 e. The smallest absolute Gasteiger partial charge is 0.243 e. The molecule has 2 amide bonds. The molecule has 2 aliphatic rings. The molecule has 0 spiro atoms. The molecule has 1 aromatic rings. The molecule has 5 heteroatoms. The molecule has 0 bridgehead atoms. The van der Waals surface area contributed by atoms with E-state index in [2.05, 4.69) is 5.32 Å². The number of hydrogen-bond donors (Lipinski definition) is 2. The second kappa shape index (κ2) is 7.79. The number of nitrogens with two attached hydrogens (primary N) is 1. The minimum Gasteiger partial charge on any atom is -0.350 e. The summed E-state index contributed by atoms with van der Waals surface area (Å²) in [6, 6.07) is 9.00. The lowest BCUT2D eigenvalue weighted by molar-refractivity contribution is -0.149. The third-order valence-electron chi connectivity index (χ3n) is 5.36. The average molecular weight is 329 g/mol. The number of amides is 2.